The Bertz CT molecular complexity index is 1290. The zero-order valence-corrected chi connectivity index (χ0v) is 19.8. The van der Waals surface area contributed by atoms with Gasteiger partial charge in [-0.25, -0.2) is 8.78 Å². The summed E-state index contributed by atoms with van der Waals surface area (Å²) in [5.74, 6) is -2.68. The van der Waals surface area contributed by atoms with E-state index in [1.165, 1.54) is 30.1 Å². The maximum atomic E-state index is 15.0. The van der Waals surface area contributed by atoms with E-state index in [-0.39, 0.29) is 43.6 Å². The predicted molar refractivity (Wildman–Crippen MR) is 115 cm³/mol. The fourth-order valence-corrected chi connectivity index (χ4v) is 3.95. The molecular weight excluding hydrogens is 635 g/mol. The molecule has 0 saturated carbocycles. The zero-order valence-electron chi connectivity index (χ0n) is 15.9. The van der Waals surface area contributed by atoms with E-state index in [0.717, 1.165) is 4.90 Å². The summed E-state index contributed by atoms with van der Waals surface area (Å²) in [7, 11) is 0. The van der Waals surface area contributed by atoms with Crippen LogP contribution < -0.4 is 0 Å². The van der Waals surface area contributed by atoms with Crippen LogP contribution in [0.3, 0.4) is 0 Å². The first-order valence-electron chi connectivity index (χ1n) is 8.87. The number of benzene rings is 2. The summed E-state index contributed by atoms with van der Waals surface area (Å²) in [6.45, 7) is 0. The Morgan fingerprint density at radius 3 is 2.25 bits per heavy atom. The SMILES string of the molecule is O=[N+]([O-])c1c(F)c(-c2ccccn2)[c-]c(-c2cccc(Sc3ccccc3[S-])n2)c1F.[Pt+2]. The average Bonchev–Trinajstić information content (AvgIpc) is 2.76. The van der Waals surface area contributed by atoms with Crippen molar-refractivity contribution in [2.45, 2.75) is 14.8 Å². The molecule has 162 valence electrons. The van der Waals surface area contributed by atoms with Gasteiger partial charge in [0.25, 0.3) is 5.69 Å². The molecule has 0 spiro atoms. The van der Waals surface area contributed by atoms with E-state index < -0.39 is 22.2 Å². The first kappa shape index (κ1) is 23.9. The molecule has 0 atom stereocenters. The standard InChI is InChI=1S/C22H12F2N3O2S2.Pt/c23-20-13(15-6-3-4-11-25-15)12-14(21(24)22(20)27(28)29)16-7-5-10-19(26-16)31-18-9-2-1-8-17(18)30;/h1-11,30H;/q-1;+2/p-1. The van der Waals surface area contributed by atoms with Gasteiger partial charge in [0.1, 0.15) is 11.6 Å². The fraction of sp³-hybridized carbons (Fsp3) is 0. The number of rotatable bonds is 5. The Morgan fingerprint density at radius 2 is 1.59 bits per heavy atom. The van der Waals surface area contributed by atoms with Crippen molar-refractivity contribution in [3.8, 4) is 22.5 Å². The van der Waals surface area contributed by atoms with Crippen LogP contribution in [0.5, 0.6) is 0 Å². The topological polar surface area (TPSA) is 68.9 Å². The molecule has 0 aliphatic rings. The summed E-state index contributed by atoms with van der Waals surface area (Å²) in [5, 5.41) is 11.9. The Labute approximate surface area is 206 Å². The maximum absolute atomic E-state index is 15.0. The third-order valence-corrected chi connectivity index (χ3v) is 5.75. The van der Waals surface area contributed by atoms with Crippen LogP contribution in [0.25, 0.3) is 22.5 Å². The number of hydrogen-bond acceptors (Lipinski definition) is 6. The summed E-state index contributed by atoms with van der Waals surface area (Å²) in [4.78, 5) is 20.1. The summed E-state index contributed by atoms with van der Waals surface area (Å²) >= 11 is 6.56. The van der Waals surface area contributed by atoms with Crippen LogP contribution in [0.2, 0.25) is 0 Å². The minimum Gasteiger partial charge on any atom is -0.779 e. The van der Waals surface area contributed by atoms with Gasteiger partial charge in [0.05, 0.1) is 9.95 Å². The summed E-state index contributed by atoms with van der Waals surface area (Å²) in [5.41, 5.74) is -1.73. The number of nitrogens with zero attached hydrogens (tertiary/aromatic N) is 3. The van der Waals surface area contributed by atoms with Crippen LogP contribution in [0, 0.1) is 27.8 Å². The molecule has 2 aromatic carbocycles. The molecule has 0 fully saturated rings. The summed E-state index contributed by atoms with van der Waals surface area (Å²) in [6, 6.07) is 19.3. The van der Waals surface area contributed by atoms with Crippen LogP contribution in [-0.4, -0.2) is 14.9 Å². The molecule has 0 N–H and O–H groups in total. The van der Waals surface area contributed by atoms with Gasteiger partial charge in [0, 0.05) is 17.6 Å². The first-order chi connectivity index (χ1) is 15.0. The van der Waals surface area contributed by atoms with Crippen molar-refractivity contribution >= 4 is 30.1 Å². The van der Waals surface area contributed by atoms with E-state index in [1.54, 1.807) is 30.3 Å². The van der Waals surface area contributed by atoms with Crippen LogP contribution >= 0.6 is 11.8 Å². The third-order valence-electron chi connectivity index (χ3n) is 4.25. The van der Waals surface area contributed by atoms with Crippen molar-refractivity contribution in [1.29, 1.82) is 0 Å². The second kappa shape index (κ2) is 10.3. The monoisotopic (exact) mass is 646 g/mol. The molecule has 10 heteroatoms. The molecule has 2 heterocycles. The van der Waals surface area contributed by atoms with E-state index >= 15 is 0 Å². The fourth-order valence-electron chi connectivity index (χ4n) is 2.85. The van der Waals surface area contributed by atoms with Gasteiger partial charge in [-0.15, -0.1) is 6.07 Å². The summed E-state index contributed by atoms with van der Waals surface area (Å²) < 4.78 is 29.8. The molecule has 0 aliphatic carbocycles. The number of nitro groups is 1. The number of nitro benzene ring substituents is 1. The van der Waals surface area contributed by atoms with Gasteiger partial charge in [-0.1, -0.05) is 65.4 Å². The van der Waals surface area contributed by atoms with Gasteiger partial charge in [0.15, 0.2) is 0 Å². The first-order valence-corrected chi connectivity index (χ1v) is 10.1. The quantitative estimate of drug-likeness (QED) is 0.117. The Balaban J connectivity index is 0.00000289. The Hall–Kier alpha value is -2.74. The van der Waals surface area contributed by atoms with Gasteiger partial charge >= 0.3 is 21.1 Å². The second-order valence-electron chi connectivity index (χ2n) is 6.23. The second-order valence-corrected chi connectivity index (χ2v) is 7.74. The molecule has 0 saturated heterocycles. The van der Waals surface area contributed by atoms with Gasteiger partial charge in [-0.3, -0.25) is 20.1 Å². The molecular formula is C22H11F2N3O2PtS2. The van der Waals surface area contributed by atoms with Gasteiger partial charge < -0.3 is 12.6 Å². The van der Waals surface area contributed by atoms with Crippen LogP contribution in [-0.2, 0) is 33.7 Å². The van der Waals surface area contributed by atoms with E-state index in [0.29, 0.717) is 9.92 Å². The molecule has 32 heavy (non-hydrogen) atoms. The normalized spacial score (nSPS) is 10.4. The minimum atomic E-state index is -1.35. The molecule has 2 aromatic heterocycles. The Kier molecular flexibility index (Phi) is 7.66. The van der Waals surface area contributed by atoms with Gasteiger partial charge in [0.2, 0.25) is 0 Å². The number of halogens is 2. The number of aromatic nitrogens is 2. The molecule has 0 aliphatic heterocycles. The van der Waals surface area contributed by atoms with Gasteiger partial charge in [-0.05, 0) is 23.1 Å². The average molecular weight is 647 g/mol. The van der Waals surface area contributed by atoms with Crippen molar-refractivity contribution in [3.63, 3.8) is 0 Å². The summed E-state index contributed by atoms with van der Waals surface area (Å²) in [6.07, 6.45) is 1.40. The van der Waals surface area contributed by atoms with Gasteiger partial charge in [-0.2, -0.15) is 4.90 Å². The van der Waals surface area contributed by atoms with Crippen molar-refractivity contribution in [3.05, 3.63) is 94.7 Å². The molecule has 0 radical (unpaired) electrons. The third kappa shape index (κ3) is 4.85. The van der Waals surface area contributed by atoms with Crippen LogP contribution in [0.15, 0.2) is 81.7 Å². The Morgan fingerprint density at radius 1 is 0.938 bits per heavy atom. The molecule has 4 aromatic rings. The predicted octanol–water partition coefficient (Wildman–Crippen LogP) is 5.85. The largest absolute Gasteiger partial charge is 2.00 e. The maximum Gasteiger partial charge on any atom is 2.00 e. The van der Waals surface area contributed by atoms with E-state index in [9.17, 15) is 18.9 Å². The zero-order chi connectivity index (χ0) is 22.0. The minimum absolute atomic E-state index is 0. The number of pyridine rings is 2. The molecule has 0 unspecified atom stereocenters. The molecule has 0 bridgehead atoms. The van der Waals surface area contributed by atoms with Crippen molar-refractivity contribution < 1.29 is 34.8 Å². The van der Waals surface area contributed by atoms with Crippen molar-refractivity contribution in [1.82, 2.24) is 9.97 Å². The van der Waals surface area contributed by atoms with E-state index in [1.807, 2.05) is 18.2 Å². The van der Waals surface area contributed by atoms with E-state index in [2.05, 4.69) is 16.0 Å². The van der Waals surface area contributed by atoms with Crippen LogP contribution in [0.4, 0.5) is 14.5 Å². The number of hydrogen-bond donors (Lipinski definition) is 0. The molecule has 5 nitrogen and oxygen atoms in total. The van der Waals surface area contributed by atoms with E-state index in [4.69, 9.17) is 12.6 Å². The molecule has 4 rings (SSSR count). The van der Waals surface area contributed by atoms with Crippen molar-refractivity contribution in [2.75, 3.05) is 0 Å². The van der Waals surface area contributed by atoms with Crippen LogP contribution in [0.1, 0.15) is 0 Å². The van der Waals surface area contributed by atoms with Crippen molar-refractivity contribution in [2.24, 2.45) is 0 Å². The molecule has 0 amide bonds. The smallest absolute Gasteiger partial charge is 0.779 e.